The first kappa shape index (κ1) is 16.1. The lowest BCUT2D eigenvalue weighted by Crippen LogP contribution is -2.36. The van der Waals surface area contributed by atoms with E-state index < -0.39 is 11.0 Å². The quantitative estimate of drug-likeness (QED) is 0.902. The Bertz CT molecular complexity index is 715. The van der Waals surface area contributed by atoms with Crippen LogP contribution in [0.3, 0.4) is 0 Å². The number of rotatable bonds is 4. The molecular weight excluding hydrogens is 342 g/mol. The fourth-order valence-corrected chi connectivity index (χ4v) is 5.01. The van der Waals surface area contributed by atoms with Crippen molar-refractivity contribution in [2.45, 2.75) is 36.6 Å². The Balaban J connectivity index is 1.55. The third-order valence-corrected chi connectivity index (χ3v) is 6.53. The maximum atomic E-state index is 12.5. The molecule has 7 heteroatoms. The van der Waals surface area contributed by atoms with E-state index in [1.165, 1.54) is 49.3 Å². The molecule has 4 rings (SSSR count). The van der Waals surface area contributed by atoms with Crippen LogP contribution in [0, 0.1) is 0 Å². The van der Waals surface area contributed by atoms with Gasteiger partial charge in [-0.25, -0.2) is 9.19 Å². The van der Waals surface area contributed by atoms with Gasteiger partial charge in [-0.15, -0.1) is 11.3 Å². The minimum Gasteiger partial charge on any atom is -0.493 e. The van der Waals surface area contributed by atoms with Crippen LogP contribution in [0.2, 0.25) is 0 Å². The van der Waals surface area contributed by atoms with Crippen molar-refractivity contribution in [1.29, 1.82) is 0 Å². The third-order valence-electron chi connectivity index (χ3n) is 4.65. The summed E-state index contributed by atoms with van der Waals surface area (Å²) in [6.45, 7) is 3.07. The summed E-state index contributed by atoms with van der Waals surface area (Å²) in [5, 5.41) is 2.52. The smallest absolute Gasteiger partial charge is 0.194 e. The van der Waals surface area contributed by atoms with E-state index in [1.807, 2.05) is 17.5 Å². The molecule has 0 spiro atoms. The number of nitrogens with zero attached hydrogens (tertiary/aromatic N) is 2. The van der Waals surface area contributed by atoms with Gasteiger partial charge in [0.05, 0.1) is 11.5 Å². The van der Waals surface area contributed by atoms with Gasteiger partial charge in [-0.3, -0.25) is 9.62 Å². The Hall–Kier alpha value is -1.44. The summed E-state index contributed by atoms with van der Waals surface area (Å²) in [7, 11) is -1.32. The van der Waals surface area contributed by atoms with Gasteiger partial charge in [-0.2, -0.15) is 0 Å². The second kappa shape index (κ2) is 7.21. The molecule has 1 aromatic carbocycles. The molecule has 3 heterocycles. The maximum absolute atomic E-state index is 12.5. The van der Waals surface area contributed by atoms with Crippen LogP contribution in [0.5, 0.6) is 5.75 Å². The van der Waals surface area contributed by atoms with E-state index in [9.17, 15) is 4.21 Å². The third kappa shape index (κ3) is 3.34. The summed E-state index contributed by atoms with van der Waals surface area (Å²) in [5.41, 5.74) is 1.23. The summed E-state index contributed by atoms with van der Waals surface area (Å²) in [4.78, 5) is 7.42. The Morgan fingerprint density at radius 1 is 1.29 bits per heavy atom. The largest absolute Gasteiger partial charge is 0.493 e. The molecule has 0 saturated carbocycles. The lowest BCUT2D eigenvalue weighted by molar-refractivity contribution is 0.119. The highest BCUT2D eigenvalue weighted by molar-refractivity contribution is 7.86. The highest BCUT2D eigenvalue weighted by Gasteiger charge is 2.28. The van der Waals surface area contributed by atoms with E-state index in [0.29, 0.717) is 11.2 Å². The average molecular weight is 364 g/mol. The first-order valence-electron chi connectivity index (χ1n) is 8.40. The summed E-state index contributed by atoms with van der Waals surface area (Å²) >= 11 is 1.44. The molecular formula is C17H21N3O2S2. The number of aromatic nitrogens is 1. The molecule has 2 unspecified atom stereocenters. The molecule has 1 N–H and O–H groups in total. The molecule has 2 atom stereocenters. The van der Waals surface area contributed by atoms with Crippen molar-refractivity contribution >= 4 is 27.5 Å². The molecule has 128 valence electrons. The van der Waals surface area contributed by atoms with Crippen LogP contribution in [0.25, 0.3) is 0 Å². The molecule has 0 amide bonds. The zero-order chi connectivity index (χ0) is 16.4. The van der Waals surface area contributed by atoms with Crippen molar-refractivity contribution in [1.82, 2.24) is 9.88 Å². The van der Waals surface area contributed by atoms with Crippen LogP contribution in [-0.4, -0.2) is 33.8 Å². The van der Waals surface area contributed by atoms with Crippen molar-refractivity contribution in [3.8, 4) is 5.75 Å². The van der Waals surface area contributed by atoms with Crippen LogP contribution in [0.15, 0.2) is 34.7 Å². The van der Waals surface area contributed by atoms with Crippen molar-refractivity contribution in [2.24, 2.45) is 0 Å². The number of benzene rings is 1. The monoisotopic (exact) mass is 363 g/mol. The molecule has 24 heavy (non-hydrogen) atoms. The fraction of sp³-hybridized carbons (Fsp3) is 0.471. The summed E-state index contributed by atoms with van der Waals surface area (Å²) in [6.07, 6.45) is 6.64. The molecule has 0 radical (unpaired) electrons. The highest BCUT2D eigenvalue weighted by Crippen LogP contribution is 2.38. The number of nitrogens with one attached hydrogen (secondary N) is 1. The van der Waals surface area contributed by atoms with E-state index in [1.54, 1.807) is 6.20 Å². The number of fused-ring (bicyclic) bond motifs is 1. The lowest BCUT2D eigenvalue weighted by Gasteiger charge is -2.38. The normalized spacial score (nSPS) is 22.4. The first-order chi connectivity index (χ1) is 11.8. The van der Waals surface area contributed by atoms with Gasteiger partial charge in [0, 0.05) is 29.6 Å². The second-order valence-corrected chi connectivity index (χ2v) is 8.26. The number of hydrogen-bond donors (Lipinski definition) is 1. The Morgan fingerprint density at radius 2 is 2.17 bits per heavy atom. The molecule has 1 aromatic heterocycles. The molecule has 0 bridgehead atoms. The van der Waals surface area contributed by atoms with Gasteiger partial charge in [0.1, 0.15) is 5.75 Å². The zero-order valence-electron chi connectivity index (χ0n) is 13.4. The number of hydrogen-bond acceptors (Lipinski definition) is 5. The van der Waals surface area contributed by atoms with Crippen LogP contribution in [0.1, 0.15) is 37.3 Å². The number of piperidine rings is 1. The van der Waals surface area contributed by atoms with E-state index >= 15 is 0 Å². The Kier molecular flexibility index (Phi) is 4.82. The van der Waals surface area contributed by atoms with Gasteiger partial charge >= 0.3 is 0 Å². The standard InChI is InChI=1S/C17H21N3O2S2/c21-24(19-17-18-7-11-23-17)13-4-5-14-15(6-10-22-16(14)12-13)20-8-2-1-3-9-20/h4-5,7,11-12,15H,1-3,6,8-10H2,(H,18,19). The molecule has 5 nitrogen and oxygen atoms in total. The van der Waals surface area contributed by atoms with E-state index in [0.717, 1.165) is 23.7 Å². The zero-order valence-corrected chi connectivity index (χ0v) is 15.1. The molecule has 1 fully saturated rings. The van der Waals surface area contributed by atoms with E-state index in [4.69, 9.17) is 4.74 Å². The van der Waals surface area contributed by atoms with Gasteiger partial charge in [-0.1, -0.05) is 12.5 Å². The molecule has 0 aliphatic carbocycles. The van der Waals surface area contributed by atoms with Gasteiger partial charge in [0.15, 0.2) is 16.1 Å². The van der Waals surface area contributed by atoms with Crippen molar-refractivity contribution in [2.75, 3.05) is 24.4 Å². The van der Waals surface area contributed by atoms with Crippen LogP contribution < -0.4 is 9.46 Å². The van der Waals surface area contributed by atoms with E-state index in [2.05, 4.69) is 20.7 Å². The van der Waals surface area contributed by atoms with Gasteiger partial charge in [0.25, 0.3) is 0 Å². The molecule has 2 aromatic rings. The summed E-state index contributed by atoms with van der Waals surface area (Å²) in [6, 6.07) is 6.39. The number of likely N-dealkylation sites (tertiary alicyclic amines) is 1. The molecule has 2 aliphatic rings. The average Bonchev–Trinajstić information content (AvgIpc) is 3.14. The van der Waals surface area contributed by atoms with Crippen molar-refractivity contribution in [3.05, 3.63) is 35.3 Å². The van der Waals surface area contributed by atoms with Crippen LogP contribution in [0.4, 0.5) is 5.13 Å². The maximum Gasteiger partial charge on any atom is 0.194 e. The van der Waals surface area contributed by atoms with Crippen molar-refractivity contribution < 1.29 is 8.95 Å². The second-order valence-electron chi connectivity index (χ2n) is 6.16. The SMILES string of the molecule is O=S(Nc1nccs1)c1ccc2c(c1)OCCC2N1CCCCC1. The fourth-order valence-electron chi connectivity index (χ4n) is 3.49. The summed E-state index contributed by atoms with van der Waals surface area (Å²) < 4.78 is 21.3. The number of thiazole rings is 1. The van der Waals surface area contributed by atoms with Crippen LogP contribution in [-0.2, 0) is 11.0 Å². The van der Waals surface area contributed by atoms with Crippen LogP contribution >= 0.6 is 11.3 Å². The van der Waals surface area contributed by atoms with E-state index in [-0.39, 0.29) is 0 Å². The molecule has 1 saturated heterocycles. The predicted molar refractivity (Wildman–Crippen MR) is 96.9 cm³/mol. The Labute approximate surface area is 148 Å². The number of ether oxygens (including phenoxy) is 1. The minimum atomic E-state index is -1.32. The first-order valence-corrected chi connectivity index (χ1v) is 10.4. The molecule has 2 aliphatic heterocycles. The predicted octanol–water partition coefficient (Wildman–Crippen LogP) is 3.59. The van der Waals surface area contributed by atoms with Gasteiger partial charge < -0.3 is 4.74 Å². The summed E-state index contributed by atoms with van der Waals surface area (Å²) in [5.74, 6) is 0.878. The lowest BCUT2D eigenvalue weighted by atomic mass is 9.97. The number of anilines is 1. The highest BCUT2D eigenvalue weighted by atomic mass is 32.2. The van der Waals surface area contributed by atoms with Crippen molar-refractivity contribution in [3.63, 3.8) is 0 Å². The Morgan fingerprint density at radius 3 is 2.96 bits per heavy atom. The minimum absolute atomic E-state index is 0.434. The van der Waals surface area contributed by atoms with Gasteiger partial charge in [0.2, 0.25) is 0 Å². The van der Waals surface area contributed by atoms with Gasteiger partial charge in [-0.05, 0) is 38.1 Å². The topological polar surface area (TPSA) is 54.5 Å².